The standard InChI is InChI=1S/C17H15NO/c1-2-12-9-6-10-14-15(11-19)17(18-16(12)14)13-7-4-3-5-8-13/h3-11,18H,2H2,1H3. The van der Waals surface area contributed by atoms with Gasteiger partial charge in [-0.25, -0.2) is 0 Å². The Labute approximate surface area is 112 Å². The van der Waals surface area contributed by atoms with Crippen LogP contribution in [-0.4, -0.2) is 11.3 Å². The first-order valence-electron chi connectivity index (χ1n) is 6.49. The zero-order chi connectivity index (χ0) is 13.2. The molecule has 0 radical (unpaired) electrons. The van der Waals surface area contributed by atoms with Gasteiger partial charge in [0.2, 0.25) is 0 Å². The summed E-state index contributed by atoms with van der Waals surface area (Å²) in [6.45, 7) is 2.12. The van der Waals surface area contributed by atoms with Gasteiger partial charge in [0.05, 0.1) is 5.69 Å². The van der Waals surface area contributed by atoms with Crippen LogP contribution < -0.4 is 0 Å². The molecule has 0 saturated heterocycles. The number of aromatic amines is 1. The minimum Gasteiger partial charge on any atom is -0.354 e. The number of rotatable bonds is 3. The molecule has 0 aliphatic rings. The number of carbonyl (C=O) groups is 1. The molecule has 0 bridgehead atoms. The lowest BCUT2D eigenvalue weighted by molar-refractivity contribution is 0.112. The van der Waals surface area contributed by atoms with E-state index < -0.39 is 0 Å². The zero-order valence-electron chi connectivity index (χ0n) is 10.8. The SMILES string of the molecule is CCc1cccc2c(C=O)c(-c3ccccc3)[nH]c12. The van der Waals surface area contributed by atoms with Crippen LogP contribution in [0.5, 0.6) is 0 Å². The molecule has 0 amide bonds. The summed E-state index contributed by atoms with van der Waals surface area (Å²) < 4.78 is 0. The third kappa shape index (κ3) is 1.85. The molecule has 3 rings (SSSR count). The molecule has 0 aliphatic heterocycles. The highest BCUT2D eigenvalue weighted by Crippen LogP contribution is 2.30. The maximum Gasteiger partial charge on any atom is 0.152 e. The molecule has 3 aromatic rings. The van der Waals surface area contributed by atoms with Crippen LogP contribution in [0, 0.1) is 0 Å². The Morgan fingerprint density at radius 2 is 1.84 bits per heavy atom. The zero-order valence-corrected chi connectivity index (χ0v) is 10.8. The molecule has 2 heteroatoms. The number of carbonyl (C=O) groups excluding carboxylic acids is 1. The van der Waals surface area contributed by atoms with E-state index in [-0.39, 0.29) is 0 Å². The molecule has 0 aliphatic carbocycles. The van der Waals surface area contributed by atoms with Gasteiger partial charge < -0.3 is 4.98 Å². The Kier molecular flexibility index (Phi) is 2.92. The highest BCUT2D eigenvalue weighted by molar-refractivity contribution is 6.05. The van der Waals surface area contributed by atoms with Crippen LogP contribution >= 0.6 is 0 Å². The van der Waals surface area contributed by atoms with Crippen molar-refractivity contribution in [2.75, 3.05) is 0 Å². The number of nitrogens with one attached hydrogen (secondary N) is 1. The number of hydrogen-bond acceptors (Lipinski definition) is 1. The Hall–Kier alpha value is -2.35. The summed E-state index contributed by atoms with van der Waals surface area (Å²) in [4.78, 5) is 14.9. The lowest BCUT2D eigenvalue weighted by Gasteiger charge is -1.98. The van der Waals surface area contributed by atoms with Gasteiger partial charge in [0.25, 0.3) is 0 Å². The molecular formula is C17H15NO. The Morgan fingerprint density at radius 1 is 1.05 bits per heavy atom. The third-order valence-electron chi connectivity index (χ3n) is 3.52. The van der Waals surface area contributed by atoms with Gasteiger partial charge in [0, 0.05) is 16.5 Å². The first-order valence-corrected chi connectivity index (χ1v) is 6.49. The molecule has 0 unspecified atom stereocenters. The molecule has 94 valence electrons. The maximum absolute atomic E-state index is 11.5. The van der Waals surface area contributed by atoms with Crippen LogP contribution in [-0.2, 0) is 6.42 Å². The fourth-order valence-corrected chi connectivity index (χ4v) is 2.55. The molecule has 2 aromatic carbocycles. The first kappa shape index (κ1) is 11.7. The summed E-state index contributed by atoms with van der Waals surface area (Å²) in [5.74, 6) is 0. The maximum atomic E-state index is 11.5. The van der Waals surface area contributed by atoms with Gasteiger partial charge in [0.1, 0.15) is 0 Å². The normalized spacial score (nSPS) is 10.8. The Balaban J connectivity index is 2.34. The van der Waals surface area contributed by atoms with Gasteiger partial charge in [-0.1, -0.05) is 55.5 Å². The molecule has 1 aromatic heterocycles. The van der Waals surface area contributed by atoms with Crippen LogP contribution in [0.4, 0.5) is 0 Å². The number of aldehydes is 1. The summed E-state index contributed by atoms with van der Waals surface area (Å²) in [7, 11) is 0. The molecule has 0 spiro atoms. The summed E-state index contributed by atoms with van der Waals surface area (Å²) >= 11 is 0. The number of benzene rings is 2. The fraction of sp³-hybridized carbons (Fsp3) is 0.118. The second-order valence-electron chi connectivity index (χ2n) is 4.59. The highest BCUT2D eigenvalue weighted by Gasteiger charge is 2.13. The van der Waals surface area contributed by atoms with Crippen LogP contribution in [0.25, 0.3) is 22.2 Å². The highest BCUT2D eigenvalue weighted by atomic mass is 16.1. The van der Waals surface area contributed by atoms with E-state index in [1.165, 1.54) is 5.56 Å². The molecular weight excluding hydrogens is 234 g/mol. The van der Waals surface area contributed by atoms with Crippen molar-refractivity contribution in [3.8, 4) is 11.3 Å². The van der Waals surface area contributed by atoms with Crippen molar-refractivity contribution in [2.24, 2.45) is 0 Å². The predicted octanol–water partition coefficient (Wildman–Crippen LogP) is 4.21. The monoisotopic (exact) mass is 249 g/mol. The summed E-state index contributed by atoms with van der Waals surface area (Å²) in [5, 5.41) is 1.01. The largest absolute Gasteiger partial charge is 0.354 e. The van der Waals surface area contributed by atoms with Gasteiger partial charge in [0.15, 0.2) is 6.29 Å². The predicted molar refractivity (Wildman–Crippen MR) is 78.5 cm³/mol. The molecule has 1 N–H and O–H groups in total. The second kappa shape index (κ2) is 4.73. The lowest BCUT2D eigenvalue weighted by atomic mass is 10.0. The van der Waals surface area contributed by atoms with Gasteiger partial charge >= 0.3 is 0 Å². The van der Waals surface area contributed by atoms with E-state index in [0.29, 0.717) is 0 Å². The van der Waals surface area contributed by atoms with Crippen molar-refractivity contribution in [3.63, 3.8) is 0 Å². The number of hydrogen-bond donors (Lipinski definition) is 1. The fourth-order valence-electron chi connectivity index (χ4n) is 2.55. The van der Waals surface area contributed by atoms with Gasteiger partial charge in [-0.05, 0) is 17.5 Å². The van der Waals surface area contributed by atoms with Crippen LogP contribution in [0.3, 0.4) is 0 Å². The molecule has 19 heavy (non-hydrogen) atoms. The summed E-state index contributed by atoms with van der Waals surface area (Å²) in [6, 6.07) is 16.1. The molecule has 0 atom stereocenters. The quantitative estimate of drug-likeness (QED) is 0.693. The minimum atomic E-state index is 0.747. The topological polar surface area (TPSA) is 32.9 Å². The number of fused-ring (bicyclic) bond motifs is 1. The van der Waals surface area contributed by atoms with E-state index in [2.05, 4.69) is 18.0 Å². The van der Waals surface area contributed by atoms with Crippen molar-refractivity contribution in [2.45, 2.75) is 13.3 Å². The van der Waals surface area contributed by atoms with Crippen molar-refractivity contribution in [1.29, 1.82) is 0 Å². The average Bonchev–Trinajstić information content (AvgIpc) is 2.86. The molecule has 0 saturated carbocycles. The van der Waals surface area contributed by atoms with Gasteiger partial charge in [-0.15, -0.1) is 0 Å². The van der Waals surface area contributed by atoms with Crippen LogP contribution in [0.2, 0.25) is 0 Å². The Bertz CT molecular complexity index is 726. The molecule has 2 nitrogen and oxygen atoms in total. The van der Waals surface area contributed by atoms with Crippen molar-refractivity contribution in [3.05, 3.63) is 59.7 Å². The van der Waals surface area contributed by atoms with Gasteiger partial charge in [-0.2, -0.15) is 0 Å². The van der Waals surface area contributed by atoms with E-state index in [9.17, 15) is 4.79 Å². The number of H-pyrrole nitrogens is 1. The van der Waals surface area contributed by atoms with Crippen LogP contribution in [0.1, 0.15) is 22.8 Å². The van der Waals surface area contributed by atoms with E-state index in [1.54, 1.807) is 0 Å². The average molecular weight is 249 g/mol. The van der Waals surface area contributed by atoms with E-state index in [0.717, 1.165) is 40.4 Å². The van der Waals surface area contributed by atoms with E-state index in [1.807, 2.05) is 42.5 Å². The molecule has 0 fully saturated rings. The van der Waals surface area contributed by atoms with Gasteiger partial charge in [-0.3, -0.25) is 4.79 Å². The minimum absolute atomic E-state index is 0.747. The first-order chi connectivity index (χ1) is 9.35. The lowest BCUT2D eigenvalue weighted by Crippen LogP contribution is -1.83. The van der Waals surface area contributed by atoms with Crippen molar-refractivity contribution in [1.82, 2.24) is 4.98 Å². The second-order valence-corrected chi connectivity index (χ2v) is 4.59. The number of aromatic nitrogens is 1. The van der Waals surface area contributed by atoms with Crippen LogP contribution in [0.15, 0.2) is 48.5 Å². The Morgan fingerprint density at radius 3 is 2.53 bits per heavy atom. The van der Waals surface area contributed by atoms with Crippen molar-refractivity contribution >= 4 is 17.2 Å². The number of aryl methyl sites for hydroxylation is 1. The third-order valence-corrected chi connectivity index (χ3v) is 3.52. The molecule has 1 heterocycles. The summed E-state index contributed by atoms with van der Waals surface area (Å²) in [6.07, 6.45) is 1.89. The van der Waals surface area contributed by atoms with E-state index in [4.69, 9.17) is 0 Å². The van der Waals surface area contributed by atoms with Crippen molar-refractivity contribution < 1.29 is 4.79 Å². The summed E-state index contributed by atoms with van der Waals surface area (Å²) in [5.41, 5.74) is 5.01. The number of para-hydroxylation sites is 1. The smallest absolute Gasteiger partial charge is 0.152 e. The van der Waals surface area contributed by atoms with E-state index >= 15 is 0 Å².